The molecule has 1 N–H and O–H groups in total. The molecule has 258 valence electrons. The number of amides is 2. The van der Waals surface area contributed by atoms with E-state index in [-0.39, 0.29) is 35.5 Å². The Morgan fingerprint density at radius 1 is 0.898 bits per heavy atom. The van der Waals surface area contributed by atoms with Gasteiger partial charge >= 0.3 is 0 Å². The molecule has 0 bridgehead atoms. The molecule has 5 rings (SSSR count). The van der Waals surface area contributed by atoms with Gasteiger partial charge in [-0.15, -0.1) is 11.8 Å². The Hall–Kier alpha value is -4.35. The van der Waals surface area contributed by atoms with Gasteiger partial charge in [0.1, 0.15) is 24.2 Å². The number of anilines is 1. The maximum Gasteiger partial charge on any atom is 0.264 e. The predicted molar refractivity (Wildman–Crippen MR) is 192 cm³/mol. The minimum Gasteiger partial charge on any atom is -0.494 e. The van der Waals surface area contributed by atoms with Gasteiger partial charge in [0.15, 0.2) is 0 Å². The largest absolute Gasteiger partial charge is 0.494 e. The number of hydrogen-bond donors (Lipinski definition) is 1. The highest BCUT2D eigenvalue weighted by atomic mass is 32.2. The average Bonchev–Trinajstić information content (AvgIpc) is 3.63. The number of ether oxygens (including phenoxy) is 1. The van der Waals surface area contributed by atoms with Gasteiger partial charge in [0, 0.05) is 23.9 Å². The maximum atomic E-state index is 14.7. The van der Waals surface area contributed by atoms with E-state index in [1.165, 1.54) is 40.9 Å². The van der Waals surface area contributed by atoms with Crippen molar-refractivity contribution < 1.29 is 27.1 Å². The van der Waals surface area contributed by atoms with Crippen molar-refractivity contribution in [3.05, 3.63) is 120 Å². The van der Waals surface area contributed by atoms with E-state index in [9.17, 15) is 22.4 Å². The van der Waals surface area contributed by atoms with E-state index in [1.54, 1.807) is 48.5 Å². The lowest BCUT2D eigenvalue weighted by molar-refractivity contribution is -0.140. The fraction of sp³-hybridized carbons (Fsp3) is 0.316. The number of carbonyl (C=O) groups excluding carboxylic acids is 2. The van der Waals surface area contributed by atoms with Crippen LogP contribution in [0, 0.1) is 5.82 Å². The zero-order valence-corrected chi connectivity index (χ0v) is 29.4. The average molecular weight is 704 g/mol. The van der Waals surface area contributed by atoms with Gasteiger partial charge in [-0.1, -0.05) is 55.3 Å². The minimum absolute atomic E-state index is 0.00136. The van der Waals surface area contributed by atoms with Gasteiger partial charge in [0.25, 0.3) is 10.0 Å². The Bertz CT molecular complexity index is 1780. The molecule has 1 aliphatic carbocycles. The molecule has 2 amide bonds. The Morgan fingerprint density at radius 2 is 1.55 bits per heavy atom. The summed E-state index contributed by atoms with van der Waals surface area (Å²) in [6.45, 7) is 1.68. The van der Waals surface area contributed by atoms with E-state index in [2.05, 4.69) is 5.32 Å². The molecule has 8 nitrogen and oxygen atoms in total. The lowest BCUT2D eigenvalue weighted by atomic mass is 10.0. The van der Waals surface area contributed by atoms with Crippen molar-refractivity contribution in [2.24, 2.45) is 0 Å². The summed E-state index contributed by atoms with van der Waals surface area (Å²) >= 11 is 1.49. The fourth-order valence-corrected chi connectivity index (χ4v) is 7.81. The van der Waals surface area contributed by atoms with Gasteiger partial charge in [-0.3, -0.25) is 13.9 Å². The molecule has 0 heterocycles. The van der Waals surface area contributed by atoms with Gasteiger partial charge in [-0.05, 0) is 97.8 Å². The number of carbonyl (C=O) groups is 2. The monoisotopic (exact) mass is 703 g/mol. The summed E-state index contributed by atoms with van der Waals surface area (Å²) in [5, 5.41) is 3.16. The summed E-state index contributed by atoms with van der Waals surface area (Å²) in [4.78, 5) is 31.1. The molecule has 0 unspecified atom stereocenters. The summed E-state index contributed by atoms with van der Waals surface area (Å²) < 4.78 is 49.2. The van der Waals surface area contributed by atoms with Crippen LogP contribution in [0.3, 0.4) is 0 Å². The molecule has 0 saturated heterocycles. The molecular formula is C38H42FN3O5S2. The zero-order chi connectivity index (χ0) is 34.8. The molecule has 4 aromatic carbocycles. The molecule has 0 aliphatic heterocycles. The first kappa shape index (κ1) is 35.9. The number of benzene rings is 4. The Morgan fingerprint density at radius 3 is 2.16 bits per heavy atom. The minimum atomic E-state index is -4.25. The van der Waals surface area contributed by atoms with Crippen LogP contribution in [0.15, 0.2) is 113 Å². The second-order valence-electron chi connectivity index (χ2n) is 12.0. The Labute approximate surface area is 292 Å². The second-order valence-corrected chi connectivity index (χ2v) is 14.7. The summed E-state index contributed by atoms with van der Waals surface area (Å²) in [6.07, 6.45) is 5.85. The van der Waals surface area contributed by atoms with E-state index >= 15 is 0 Å². The van der Waals surface area contributed by atoms with Gasteiger partial charge in [0.2, 0.25) is 11.8 Å². The molecule has 0 spiro atoms. The quantitative estimate of drug-likeness (QED) is 0.136. The van der Waals surface area contributed by atoms with Crippen LogP contribution in [0.5, 0.6) is 5.75 Å². The Kier molecular flexibility index (Phi) is 12.4. The third kappa shape index (κ3) is 9.42. The van der Waals surface area contributed by atoms with Crippen molar-refractivity contribution in [2.75, 3.05) is 23.7 Å². The van der Waals surface area contributed by atoms with Crippen LogP contribution in [-0.2, 0) is 32.6 Å². The van der Waals surface area contributed by atoms with Crippen LogP contribution in [-0.4, -0.2) is 56.6 Å². The van der Waals surface area contributed by atoms with Gasteiger partial charge in [0.05, 0.1) is 17.2 Å². The first-order chi connectivity index (χ1) is 23.7. The first-order valence-electron chi connectivity index (χ1n) is 16.5. The van der Waals surface area contributed by atoms with E-state index in [4.69, 9.17) is 4.74 Å². The molecule has 4 aromatic rings. The summed E-state index contributed by atoms with van der Waals surface area (Å²) in [5.74, 6) is -0.759. The van der Waals surface area contributed by atoms with E-state index in [0.29, 0.717) is 17.9 Å². The number of sulfonamides is 1. The van der Waals surface area contributed by atoms with Crippen LogP contribution >= 0.6 is 11.8 Å². The van der Waals surface area contributed by atoms with Gasteiger partial charge in [-0.25, -0.2) is 12.8 Å². The number of nitrogens with zero attached hydrogens (tertiary/aromatic N) is 2. The standard InChI is InChI=1S/C38H42FN3O5S2/c1-3-47-33-19-17-32(18-20-33)42(49(45,46)35-23-21-34(48-2)22-24-35)27-37(43)41(26-29-13-15-30(39)16-14-29)36(25-28-9-5-4-6-10-28)38(44)40-31-11-7-8-12-31/h4-6,9-10,13-24,31,36H,3,7-8,11-12,25-27H2,1-2H3,(H,40,44)/t36-/m0/s1. The number of thioether (sulfide) groups is 1. The van der Waals surface area contributed by atoms with Crippen molar-refractivity contribution in [3.63, 3.8) is 0 Å². The van der Waals surface area contributed by atoms with Gasteiger partial charge in [-0.2, -0.15) is 0 Å². The number of hydrogen-bond acceptors (Lipinski definition) is 6. The maximum absolute atomic E-state index is 14.7. The van der Waals surface area contributed by atoms with E-state index < -0.39 is 34.3 Å². The van der Waals surface area contributed by atoms with Gasteiger partial charge < -0.3 is 15.0 Å². The molecule has 11 heteroatoms. The third-order valence-corrected chi connectivity index (χ3v) is 11.1. The SMILES string of the molecule is CCOc1ccc(N(CC(=O)N(Cc2ccc(F)cc2)[C@@H](Cc2ccccc2)C(=O)NC2CCCC2)S(=O)(=O)c2ccc(SC)cc2)cc1. The lowest BCUT2D eigenvalue weighted by Gasteiger charge is -2.34. The van der Waals surface area contributed by atoms with Crippen LogP contribution in [0.25, 0.3) is 0 Å². The normalized spacial score (nSPS) is 13.9. The molecule has 0 aromatic heterocycles. The van der Waals surface area contributed by atoms with Crippen molar-refractivity contribution >= 4 is 39.3 Å². The van der Waals surface area contributed by atoms with Crippen molar-refractivity contribution in [1.29, 1.82) is 0 Å². The van der Waals surface area contributed by atoms with Crippen LogP contribution in [0.1, 0.15) is 43.7 Å². The highest BCUT2D eigenvalue weighted by Gasteiger charge is 2.35. The fourth-order valence-electron chi connectivity index (χ4n) is 5.99. The van der Waals surface area contributed by atoms with Crippen LogP contribution in [0.4, 0.5) is 10.1 Å². The lowest BCUT2D eigenvalue weighted by Crippen LogP contribution is -2.54. The highest BCUT2D eigenvalue weighted by molar-refractivity contribution is 7.98. The molecule has 0 radical (unpaired) electrons. The summed E-state index contributed by atoms with van der Waals surface area (Å²) in [6, 6.07) is 27.2. The number of nitrogens with one attached hydrogen (secondary N) is 1. The molecule has 1 aliphatic rings. The summed E-state index contributed by atoms with van der Waals surface area (Å²) in [7, 11) is -4.25. The van der Waals surface area contributed by atoms with E-state index in [1.807, 2.05) is 43.5 Å². The zero-order valence-electron chi connectivity index (χ0n) is 27.8. The van der Waals surface area contributed by atoms with Crippen LogP contribution < -0.4 is 14.4 Å². The predicted octanol–water partition coefficient (Wildman–Crippen LogP) is 6.84. The second kappa shape index (κ2) is 16.8. The first-order valence-corrected chi connectivity index (χ1v) is 19.1. The number of rotatable bonds is 15. The number of halogens is 1. The van der Waals surface area contributed by atoms with E-state index in [0.717, 1.165) is 40.4 Å². The molecular weight excluding hydrogens is 662 g/mol. The summed E-state index contributed by atoms with van der Waals surface area (Å²) in [5.41, 5.74) is 1.71. The Balaban J connectivity index is 1.56. The van der Waals surface area contributed by atoms with Crippen molar-refractivity contribution in [1.82, 2.24) is 10.2 Å². The third-order valence-electron chi connectivity index (χ3n) is 8.60. The molecule has 1 saturated carbocycles. The van der Waals surface area contributed by atoms with Crippen molar-refractivity contribution in [3.8, 4) is 5.75 Å². The topological polar surface area (TPSA) is 96.0 Å². The molecule has 1 fully saturated rings. The highest BCUT2D eigenvalue weighted by Crippen LogP contribution is 2.28. The molecule has 1 atom stereocenters. The van der Waals surface area contributed by atoms with Crippen molar-refractivity contribution in [2.45, 2.75) is 67.4 Å². The van der Waals surface area contributed by atoms with Crippen LogP contribution in [0.2, 0.25) is 0 Å². The smallest absolute Gasteiger partial charge is 0.264 e. The molecule has 49 heavy (non-hydrogen) atoms.